The molecule has 0 saturated carbocycles. The minimum absolute atomic E-state index is 0.214. The monoisotopic (exact) mass is 329 g/mol. The van der Waals surface area contributed by atoms with E-state index in [1.807, 2.05) is 13.8 Å². The SMILES string of the molecule is Cc1sc2nc([C@H](C)OC(=O)c3ccccn3)[nH]c(=O)c2c1C. The quantitative estimate of drug-likeness (QED) is 0.747. The number of aryl methyl sites for hydroxylation is 2. The number of aromatic nitrogens is 3. The number of carbonyl (C=O) groups excluding carboxylic acids is 1. The third-order valence-corrected chi connectivity index (χ3v) is 4.70. The Morgan fingerprint density at radius 3 is 2.83 bits per heavy atom. The summed E-state index contributed by atoms with van der Waals surface area (Å²) in [6, 6.07) is 4.99. The van der Waals surface area contributed by atoms with Crippen molar-refractivity contribution in [2.45, 2.75) is 26.9 Å². The minimum atomic E-state index is -0.677. The molecule has 7 heteroatoms. The maximum Gasteiger partial charge on any atom is 0.357 e. The highest BCUT2D eigenvalue weighted by molar-refractivity contribution is 7.18. The Labute approximate surface area is 136 Å². The zero-order valence-electron chi connectivity index (χ0n) is 12.9. The van der Waals surface area contributed by atoms with Crippen molar-refractivity contribution in [3.05, 3.63) is 56.7 Å². The second-order valence-corrected chi connectivity index (χ2v) is 6.38. The molecular formula is C16H15N3O3S. The highest BCUT2D eigenvalue weighted by Gasteiger charge is 2.19. The average Bonchev–Trinajstić information content (AvgIpc) is 2.83. The van der Waals surface area contributed by atoms with Crippen molar-refractivity contribution in [1.29, 1.82) is 0 Å². The molecule has 3 aromatic rings. The summed E-state index contributed by atoms with van der Waals surface area (Å²) in [5, 5.41) is 0.597. The molecule has 0 unspecified atom stereocenters. The van der Waals surface area contributed by atoms with Crippen molar-refractivity contribution in [2.75, 3.05) is 0 Å². The first-order valence-corrected chi connectivity index (χ1v) is 7.91. The summed E-state index contributed by atoms with van der Waals surface area (Å²) < 4.78 is 5.33. The molecule has 0 amide bonds. The highest BCUT2D eigenvalue weighted by Crippen LogP contribution is 2.27. The smallest absolute Gasteiger partial charge is 0.357 e. The predicted molar refractivity (Wildman–Crippen MR) is 87.8 cm³/mol. The fourth-order valence-electron chi connectivity index (χ4n) is 2.22. The summed E-state index contributed by atoms with van der Waals surface area (Å²) >= 11 is 1.46. The van der Waals surface area contributed by atoms with E-state index in [0.29, 0.717) is 16.0 Å². The van der Waals surface area contributed by atoms with Crippen LogP contribution in [0.15, 0.2) is 29.2 Å². The molecule has 3 aromatic heterocycles. The van der Waals surface area contributed by atoms with Crippen LogP contribution in [0.1, 0.15) is 39.8 Å². The van der Waals surface area contributed by atoms with Crippen LogP contribution in [0.4, 0.5) is 0 Å². The van der Waals surface area contributed by atoms with Crippen LogP contribution in [0.25, 0.3) is 10.2 Å². The van der Waals surface area contributed by atoms with E-state index in [4.69, 9.17) is 4.74 Å². The molecule has 0 aliphatic rings. The molecule has 0 saturated heterocycles. The zero-order chi connectivity index (χ0) is 16.6. The number of carbonyl (C=O) groups is 1. The number of nitrogens with zero attached hydrogens (tertiary/aromatic N) is 2. The first kappa shape index (κ1) is 15.4. The van der Waals surface area contributed by atoms with Crippen molar-refractivity contribution >= 4 is 27.5 Å². The van der Waals surface area contributed by atoms with Crippen LogP contribution in [0, 0.1) is 13.8 Å². The third kappa shape index (κ3) is 2.87. The van der Waals surface area contributed by atoms with Gasteiger partial charge in [-0.1, -0.05) is 6.07 Å². The number of hydrogen-bond acceptors (Lipinski definition) is 6. The number of nitrogens with one attached hydrogen (secondary N) is 1. The van der Waals surface area contributed by atoms with Gasteiger partial charge in [-0.05, 0) is 38.5 Å². The lowest BCUT2D eigenvalue weighted by Crippen LogP contribution is -2.17. The normalized spacial score (nSPS) is 12.3. The minimum Gasteiger partial charge on any atom is -0.450 e. The number of rotatable bonds is 3. The lowest BCUT2D eigenvalue weighted by Gasteiger charge is -2.12. The van der Waals surface area contributed by atoms with Crippen LogP contribution in [0.5, 0.6) is 0 Å². The van der Waals surface area contributed by atoms with E-state index in [2.05, 4.69) is 15.0 Å². The van der Waals surface area contributed by atoms with Crippen molar-refractivity contribution < 1.29 is 9.53 Å². The highest BCUT2D eigenvalue weighted by atomic mass is 32.1. The van der Waals surface area contributed by atoms with Gasteiger partial charge in [0.05, 0.1) is 5.39 Å². The van der Waals surface area contributed by atoms with E-state index < -0.39 is 12.1 Å². The second kappa shape index (κ2) is 5.92. The van der Waals surface area contributed by atoms with E-state index in [1.54, 1.807) is 25.1 Å². The van der Waals surface area contributed by atoms with Crippen molar-refractivity contribution in [2.24, 2.45) is 0 Å². The van der Waals surface area contributed by atoms with Crippen LogP contribution < -0.4 is 5.56 Å². The van der Waals surface area contributed by atoms with Gasteiger partial charge in [0.25, 0.3) is 5.56 Å². The molecule has 0 fully saturated rings. The first-order chi connectivity index (χ1) is 11.0. The van der Waals surface area contributed by atoms with Crippen molar-refractivity contribution in [3.8, 4) is 0 Å². The van der Waals surface area contributed by atoms with Gasteiger partial charge in [0.1, 0.15) is 10.5 Å². The fourth-order valence-corrected chi connectivity index (χ4v) is 3.26. The lowest BCUT2D eigenvalue weighted by atomic mass is 10.2. The number of thiophene rings is 1. The standard InChI is InChI=1S/C16H15N3O3S/c1-8-10(3)23-15-12(8)14(20)18-13(19-15)9(2)22-16(21)11-6-4-5-7-17-11/h4-7,9H,1-3H3,(H,18,19,20)/t9-/m0/s1. The topological polar surface area (TPSA) is 84.9 Å². The van der Waals surface area contributed by atoms with Crippen molar-refractivity contribution in [1.82, 2.24) is 15.0 Å². The predicted octanol–water partition coefficient (Wildman–Crippen LogP) is 2.91. The Balaban J connectivity index is 1.91. The Kier molecular flexibility index (Phi) is 3.96. The molecule has 0 aliphatic heterocycles. The number of ether oxygens (including phenoxy) is 1. The molecule has 0 aromatic carbocycles. The Hall–Kier alpha value is -2.54. The molecule has 0 aliphatic carbocycles. The Morgan fingerprint density at radius 2 is 2.13 bits per heavy atom. The number of H-pyrrole nitrogens is 1. The summed E-state index contributed by atoms with van der Waals surface area (Å²) in [6.45, 7) is 5.51. The number of aromatic amines is 1. The van der Waals surface area contributed by atoms with Crippen LogP contribution >= 0.6 is 11.3 Å². The largest absolute Gasteiger partial charge is 0.450 e. The molecule has 23 heavy (non-hydrogen) atoms. The van der Waals surface area contributed by atoms with Gasteiger partial charge in [-0.15, -0.1) is 11.3 Å². The summed E-state index contributed by atoms with van der Waals surface area (Å²) in [5.41, 5.74) is 0.932. The molecule has 1 atom stereocenters. The second-order valence-electron chi connectivity index (χ2n) is 5.18. The molecule has 0 bridgehead atoms. The lowest BCUT2D eigenvalue weighted by molar-refractivity contribution is 0.0313. The molecular weight excluding hydrogens is 314 g/mol. The summed E-state index contributed by atoms with van der Waals surface area (Å²) in [5.74, 6) is -0.229. The van der Waals surface area contributed by atoms with Gasteiger partial charge in [-0.3, -0.25) is 4.79 Å². The molecule has 6 nitrogen and oxygen atoms in total. The number of esters is 1. The Bertz CT molecular complexity index is 931. The molecule has 0 spiro atoms. The zero-order valence-corrected chi connectivity index (χ0v) is 13.7. The molecule has 118 valence electrons. The van der Waals surface area contributed by atoms with Crippen LogP contribution in [0.2, 0.25) is 0 Å². The van der Waals surface area contributed by atoms with Crippen LogP contribution in [-0.4, -0.2) is 20.9 Å². The van der Waals surface area contributed by atoms with E-state index >= 15 is 0 Å². The Morgan fingerprint density at radius 1 is 1.35 bits per heavy atom. The summed E-state index contributed by atoms with van der Waals surface area (Å²) in [4.78, 5) is 37.1. The summed E-state index contributed by atoms with van der Waals surface area (Å²) in [6.07, 6.45) is 0.842. The van der Waals surface area contributed by atoms with E-state index in [1.165, 1.54) is 17.5 Å². The molecule has 1 N–H and O–H groups in total. The van der Waals surface area contributed by atoms with Gasteiger partial charge in [0.2, 0.25) is 0 Å². The van der Waals surface area contributed by atoms with E-state index in [-0.39, 0.29) is 11.3 Å². The van der Waals surface area contributed by atoms with Gasteiger partial charge in [0, 0.05) is 11.1 Å². The average molecular weight is 329 g/mol. The van der Waals surface area contributed by atoms with E-state index in [0.717, 1.165) is 10.4 Å². The van der Waals surface area contributed by atoms with Gasteiger partial charge in [0.15, 0.2) is 11.9 Å². The first-order valence-electron chi connectivity index (χ1n) is 7.09. The molecule has 0 radical (unpaired) electrons. The van der Waals surface area contributed by atoms with Gasteiger partial charge in [-0.2, -0.15) is 0 Å². The molecule has 3 rings (SSSR count). The number of pyridine rings is 1. The number of hydrogen-bond donors (Lipinski definition) is 1. The van der Waals surface area contributed by atoms with Crippen molar-refractivity contribution in [3.63, 3.8) is 0 Å². The van der Waals surface area contributed by atoms with Crippen LogP contribution in [0.3, 0.4) is 0 Å². The maximum absolute atomic E-state index is 12.3. The van der Waals surface area contributed by atoms with Gasteiger partial charge < -0.3 is 9.72 Å². The van der Waals surface area contributed by atoms with E-state index in [9.17, 15) is 9.59 Å². The maximum atomic E-state index is 12.3. The number of fused-ring (bicyclic) bond motifs is 1. The van der Waals surface area contributed by atoms with Gasteiger partial charge >= 0.3 is 5.97 Å². The third-order valence-electron chi connectivity index (χ3n) is 3.60. The summed E-state index contributed by atoms with van der Waals surface area (Å²) in [7, 11) is 0. The van der Waals surface area contributed by atoms with Crippen LogP contribution in [-0.2, 0) is 4.74 Å². The molecule has 3 heterocycles. The fraction of sp³-hybridized carbons (Fsp3) is 0.250. The van der Waals surface area contributed by atoms with Gasteiger partial charge in [-0.25, -0.2) is 14.8 Å².